The molecule has 0 aliphatic heterocycles. The molecule has 0 aliphatic carbocycles. The minimum atomic E-state index is -0.347. The maximum atomic E-state index is 12.0. The first-order valence-electron chi connectivity index (χ1n) is 9.48. The third-order valence-corrected chi connectivity index (χ3v) is 6.01. The van der Waals surface area contributed by atoms with E-state index in [4.69, 9.17) is 4.42 Å². The highest BCUT2D eigenvalue weighted by Gasteiger charge is 2.13. The third-order valence-electron chi connectivity index (χ3n) is 5.05. The molecule has 6 nitrogen and oxygen atoms in total. The highest BCUT2D eigenvalue weighted by atomic mass is 32.2. The highest BCUT2D eigenvalue weighted by molar-refractivity contribution is 7.98. The first kappa shape index (κ1) is 19.4. The fraction of sp³-hybridized carbons (Fsp3) is 0.273. The van der Waals surface area contributed by atoms with Gasteiger partial charge in [0.2, 0.25) is 5.16 Å². The lowest BCUT2D eigenvalue weighted by atomic mass is 10.0. The van der Waals surface area contributed by atoms with Crippen molar-refractivity contribution in [1.82, 2.24) is 20.2 Å². The van der Waals surface area contributed by atoms with Gasteiger partial charge in [-0.1, -0.05) is 37.7 Å². The van der Waals surface area contributed by atoms with Gasteiger partial charge in [0.25, 0.3) is 0 Å². The van der Waals surface area contributed by atoms with E-state index in [0.717, 1.165) is 27.8 Å². The zero-order valence-corrected chi connectivity index (χ0v) is 17.7. The van der Waals surface area contributed by atoms with Crippen LogP contribution in [0, 0.1) is 13.8 Å². The van der Waals surface area contributed by atoms with Crippen molar-refractivity contribution < 1.29 is 4.42 Å². The number of rotatable bonds is 5. The average molecular weight is 407 g/mol. The van der Waals surface area contributed by atoms with E-state index in [0.29, 0.717) is 22.4 Å². The summed E-state index contributed by atoms with van der Waals surface area (Å²) in [5.41, 5.74) is 5.61. The van der Waals surface area contributed by atoms with Crippen LogP contribution in [0.5, 0.6) is 0 Å². The second kappa shape index (κ2) is 7.83. The summed E-state index contributed by atoms with van der Waals surface area (Å²) in [6, 6.07) is 13.8. The molecule has 2 heterocycles. The number of hydrogen-bond acceptors (Lipinski definition) is 6. The number of aryl methyl sites for hydroxylation is 2. The summed E-state index contributed by atoms with van der Waals surface area (Å²) in [4.78, 5) is 12.0. The Morgan fingerprint density at radius 3 is 2.52 bits per heavy atom. The van der Waals surface area contributed by atoms with E-state index in [1.54, 1.807) is 10.7 Å². The van der Waals surface area contributed by atoms with Crippen LogP contribution in [-0.4, -0.2) is 20.2 Å². The molecule has 148 valence electrons. The number of fused-ring (bicyclic) bond motifs is 1. The molecule has 0 aliphatic rings. The van der Waals surface area contributed by atoms with Gasteiger partial charge in [-0.2, -0.15) is 4.68 Å². The third kappa shape index (κ3) is 3.96. The number of aromatic nitrogens is 4. The molecule has 0 unspecified atom stereocenters. The molecule has 0 amide bonds. The predicted molar refractivity (Wildman–Crippen MR) is 115 cm³/mol. The van der Waals surface area contributed by atoms with Crippen molar-refractivity contribution >= 4 is 22.7 Å². The molecule has 0 N–H and O–H groups in total. The van der Waals surface area contributed by atoms with Crippen LogP contribution >= 0.6 is 11.8 Å². The van der Waals surface area contributed by atoms with Gasteiger partial charge in [0.1, 0.15) is 5.58 Å². The first-order chi connectivity index (χ1) is 13.9. The second-order valence-corrected chi connectivity index (χ2v) is 8.37. The summed E-state index contributed by atoms with van der Waals surface area (Å²) in [7, 11) is 0. The number of thioether (sulfide) groups is 1. The van der Waals surface area contributed by atoms with Crippen LogP contribution in [0.4, 0.5) is 0 Å². The molecule has 4 aromatic rings. The second-order valence-electron chi connectivity index (χ2n) is 7.43. The van der Waals surface area contributed by atoms with Crippen molar-refractivity contribution in [3.8, 4) is 5.69 Å². The van der Waals surface area contributed by atoms with E-state index in [1.807, 2.05) is 25.1 Å². The summed E-state index contributed by atoms with van der Waals surface area (Å²) in [6.07, 6.45) is 0. The first-order valence-corrected chi connectivity index (χ1v) is 10.5. The monoisotopic (exact) mass is 406 g/mol. The zero-order valence-electron chi connectivity index (χ0n) is 16.8. The average Bonchev–Trinajstić information content (AvgIpc) is 3.16. The Balaban J connectivity index is 1.63. The van der Waals surface area contributed by atoms with Gasteiger partial charge in [0, 0.05) is 17.2 Å². The lowest BCUT2D eigenvalue weighted by molar-refractivity contribution is 0.559. The summed E-state index contributed by atoms with van der Waals surface area (Å²) in [5.74, 6) is 1.03. The maximum absolute atomic E-state index is 12.0. The molecule has 0 radical (unpaired) electrons. The number of hydrogen-bond donors (Lipinski definition) is 0. The SMILES string of the molecule is Cc1cc2oc(=O)cc(CSc3nnnn3-c3ccc(C(C)C)cc3)c2cc1C. The van der Waals surface area contributed by atoms with E-state index in [9.17, 15) is 4.79 Å². The van der Waals surface area contributed by atoms with Crippen molar-refractivity contribution in [2.45, 2.75) is 44.5 Å². The van der Waals surface area contributed by atoms with Crippen LogP contribution in [0.3, 0.4) is 0 Å². The molecule has 0 saturated heterocycles. The molecule has 4 rings (SSSR count). The normalized spacial score (nSPS) is 11.5. The fourth-order valence-electron chi connectivity index (χ4n) is 3.18. The summed E-state index contributed by atoms with van der Waals surface area (Å²) in [5, 5.41) is 13.8. The molecule has 0 atom stereocenters. The number of tetrazole rings is 1. The molecule has 0 bridgehead atoms. The standard InChI is InChI=1S/C22H22N4O2S/c1-13(2)16-5-7-18(8-6-16)26-22(23-24-25-26)29-12-17-11-21(27)28-20-10-15(4)14(3)9-19(17)20/h5-11,13H,12H2,1-4H3. The summed E-state index contributed by atoms with van der Waals surface area (Å²) >= 11 is 1.49. The predicted octanol–water partition coefficient (Wildman–Crippen LogP) is 4.80. The fourth-order valence-corrected chi connectivity index (χ4v) is 4.06. The van der Waals surface area contributed by atoms with Crippen LogP contribution in [0.25, 0.3) is 16.7 Å². The van der Waals surface area contributed by atoms with E-state index in [-0.39, 0.29) is 5.63 Å². The number of benzene rings is 2. The van der Waals surface area contributed by atoms with Gasteiger partial charge in [-0.25, -0.2) is 4.79 Å². The Bertz CT molecular complexity index is 1230. The molecule has 7 heteroatoms. The molecular formula is C22H22N4O2S. The van der Waals surface area contributed by atoms with Gasteiger partial charge in [0.15, 0.2) is 0 Å². The van der Waals surface area contributed by atoms with E-state index in [2.05, 4.69) is 54.5 Å². The van der Waals surface area contributed by atoms with Crippen LogP contribution in [0.1, 0.15) is 42.0 Å². The molecular weight excluding hydrogens is 384 g/mol. The lowest BCUT2D eigenvalue weighted by Crippen LogP contribution is -2.02. The highest BCUT2D eigenvalue weighted by Crippen LogP contribution is 2.28. The van der Waals surface area contributed by atoms with Crippen molar-refractivity contribution in [1.29, 1.82) is 0 Å². The van der Waals surface area contributed by atoms with Crippen LogP contribution < -0.4 is 5.63 Å². The van der Waals surface area contributed by atoms with Crippen molar-refractivity contribution in [3.05, 3.63) is 75.1 Å². The minimum absolute atomic E-state index is 0.347. The van der Waals surface area contributed by atoms with E-state index >= 15 is 0 Å². The van der Waals surface area contributed by atoms with Crippen LogP contribution in [-0.2, 0) is 5.75 Å². The quantitative estimate of drug-likeness (QED) is 0.350. The van der Waals surface area contributed by atoms with Gasteiger partial charge in [-0.3, -0.25) is 0 Å². The summed E-state index contributed by atoms with van der Waals surface area (Å²) < 4.78 is 7.11. The topological polar surface area (TPSA) is 73.8 Å². The van der Waals surface area contributed by atoms with E-state index in [1.165, 1.54) is 17.3 Å². The van der Waals surface area contributed by atoms with Crippen LogP contribution in [0.15, 0.2) is 56.8 Å². The van der Waals surface area contributed by atoms with E-state index < -0.39 is 0 Å². The Morgan fingerprint density at radius 2 is 1.79 bits per heavy atom. The van der Waals surface area contributed by atoms with Crippen molar-refractivity contribution in [3.63, 3.8) is 0 Å². The lowest BCUT2D eigenvalue weighted by Gasteiger charge is -2.09. The Kier molecular flexibility index (Phi) is 5.24. The van der Waals surface area contributed by atoms with Gasteiger partial charge in [0.05, 0.1) is 5.69 Å². The van der Waals surface area contributed by atoms with Crippen LogP contribution in [0.2, 0.25) is 0 Å². The Hall–Kier alpha value is -2.93. The summed E-state index contributed by atoms with van der Waals surface area (Å²) in [6.45, 7) is 8.39. The molecule has 29 heavy (non-hydrogen) atoms. The molecule has 0 fully saturated rings. The van der Waals surface area contributed by atoms with Crippen molar-refractivity contribution in [2.75, 3.05) is 0 Å². The van der Waals surface area contributed by atoms with Gasteiger partial charge in [-0.05, 0) is 76.7 Å². The molecule has 0 saturated carbocycles. The molecule has 2 aromatic heterocycles. The molecule has 2 aromatic carbocycles. The zero-order chi connectivity index (χ0) is 20.5. The van der Waals surface area contributed by atoms with Gasteiger partial charge < -0.3 is 4.42 Å². The largest absolute Gasteiger partial charge is 0.423 e. The smallest absolute Gasteiger partial charge is 0.336 e. The maximum Gasteiger partial charge on any atom is 0.336 e. The molecule has 0 spiro atoms. The minimum Gasteiger partial charge on any atom is -0.423 e. The van der Waals surface area contributed by atoms with Crippen molar-refractivity contribution in [2.24, 2.45) is 0 Å². The van der Waals surface area contributed by atoms with Gasteiger partial charge in [-0.15, -0.1) is 5.10 Å². The Morgan fingerprint density at radius 1 is 1.07 bits per heavy atom. The van der Waals surface area contributed by atoms with Gasteiger partial charge >= 0.3 is 5.63 Å². The number of nitrogens with zero attached hydrogens (tertiary/aromatic N) is 4. The Labute approximate surface area is 172 Å².